The van der Waals surface area contributed by atoms with Gasteiger partial charge in [-0.1, -0.05) is 44.2 Å². The van der Waals surface area contributed by atoms with Crippen LogP contribution < -0.4 is 0 Å². The highest BCUT2D eigenvalue weighted by Crippen LogP contribution is 2.28. The SMILES string of the molecule is CCOCCC(O)C(C)(C)c1ccccc1. The lowest BCUT2D eigenvalue weighted by Crippen LogP contribution is -2.34. The van der Waals surface area contributed by atoms with Gasteiger partial charge >= 0.3 is 0 Å². The van der Waals surface area contributed by atoms with Crippen molar-refractivity contribution in [1.82, 2.24) is 0 Å². The van der Waals surface area contributed by atoms with E-state index in [-0.39, 0.29) is 11.5 Å². The van der Waals surface area contributed by atoms with Crippen LogP contribution in [0.2, 0.25) is 0 Å². The molecule has 1 aromatic rings. The summed E-state index contributed by atoms with van der Waals surface area (Å²) in [6.07, 6.45) is 0.303. The Morgan fingerprint density at radius 1 is 1.25 bits per heavy atom. The Morgan fingerprint density at radius 3 is 2.44 bits per heavy atom. The molecule has 90 valence electrons. The molecule has 0 heterocycles. The van der Waals surface area contributed by atoms with Crippen LogP contribution >= 0.6 is 0 Å². The Hall–Kier alpha value is -0.860. The Balaban J connectivity index is 2.62. The first-order valence-corrected chi connectivity index (χ1v) is 5.90. The molecule has 0 aromatic heterocycles. The molecule has 0 aliphatic carbocycles. The molecule has 0 saturated heterocycles. The first-order valence-electron chi connectivity index (χ1n) is 5.90. The van der Waals surface area contributed by atoms with Crippen LogP contribution in [0.15, 0.2) is 30.3 Å². The fourth-order valence-corrected chi connectivity index (χ4v) is 1.76. The summed E-state index contributed by atoms with van der Waals surface area (Å²) in [5.74, 6) is 0. The van der Waals surface area contributed by atoms with E-state index in [1.54, 1.807) is 0 Å². The molecule has 2 heteroatoms. The van der Waals surface area contributed by atoms with Gasteiger partial charge in [0.15, 0.2) is 0 Å². The Morgan fingerprint density at radius 2 is 1.88 bits per heavy atom. The highest BCUT2D eigenvalue weighted by atomic mass is 16.5. The van der Waals surface area contributed by atoms with Crippen molar-refractivity contribution in [3.63, 3.8) is 0 Å². The highest BCUT2D eigenvalue weighted by molar-refractivity contribution is 5.24. The number of ether oxygens (including phenoxy) is 1. The molecule has 0 bridgehead atoms. The largest absolute Gasteiger partial charge is 0.392 e. The summed E-state index contributed by atoms with van der Waals surface area (Å²) in [7, 11) is 0. The molecule has 1 atom stereocenters. The van der Waals surface area contributed by atoms with E-state index in [0.29, 0.717) is 19.6 Å². The molecule has 0 radical (unpaired) electrons. The molecule has 16 heavy (non-hydrogen) atoms. The topological polar surface area (TPSA) is 29.5 Å². The predicted octanol–water partition coefficient (Wildman–Crippen LogP) is 2.75. The molecule has 1 rings (SSSR count). The van der Waals surface area contributed by atoms with E-state index in [1.807, 2.05) is 25.1 Å². The van der Waals surface area contributed by atoms with Gasteiger partial charge in [-0.25, -0.2) is 0 Å². The number of aliphatic hydroxyl groups excluding tert-OH is 1. The van der Waals surface area contributed by atoms with Gasteiger partial charge in [-0.2, -0.15) is 0 Å². The van der Waals surface area contributed by atoms with Crippen molar-refractivity contribution < 1.29 is 9.84 Å². The predicted molar refractivity (Wildman–Crippen MR) is 66.6 cm³/mol. The van der Waals surface area contributed by atoms with E-state index >= 15 is 0 Å². The van der Waals surface area contributed by atoms with E-state index in [2.05, 4.69) is 26.0 Å². The molecule has 2 nitrogen and oxygen atoms in total. The van der Waals surface area contributed by atoms with Crippen LogP contribution in [-0.2, 0) is 10.2 Å². The van der Waals surface area contributed by atoms with Crippen LogP contribution in [0, 0.1) is 0 Å². The summed E-state index contributed by atoms with van der Waals surface area (Å²) in [6, 6.07) is 10.1. The van der Waals surface area contributed by atoms with E-state index in [4.69, 9.17) is 4.74 Å². The summed E-state index contributed by atoms with van der Waals surface area (Å²) >= 11 is 0. The number of hydrogen-bond acceptors (Lipinski definition) is 2. The van der Waals surface area contributed by atoms with Crippen molar-refractivity contribution in [2.45, 2.75) is 38.7 Å². The third-order valence-corrected chi connectivity index (χ3v) is 3.09. The standard InChI is InChI=1S/C14H22O2/c1-4-16-11-10-13(15)14(2,3)12-8-6-5-7-9-12/h5-9,13,15H,4,10-11H2,1-3H3. The van der Waals surface area contributed by atoms with Gasteiger partial charge < -0.3 is 9.84 Å². The minimum Gasteiger partial charge on any atom is -0.392 e. The van der Waals surface area contributed by atoms with Crippen LogP contribution in [0.3, 0.4) is 0 Å². The van der Waals surface area contributed by atoms with E-state index in [0.717, 1.165) is 0 Å². The second-order valence-corrected chi connectivity index (χ2v) is 4.59. The van der Waals surface area contributed by atoms with E-state index < -0.39 is 0 Å². The maximum Gasteiger partial charge on any atom is 0.0653 e. The maximum atomic E-state index is 10.2. The number of benzene rings is 1. The zero-order chi connectivity index (χ0) is 12.0. The number of hydrogen-bond donors (Lipinski definition) is 1. The molecule has 1 unspecified atom stereocenters. The molecule has 0 aliphatic rings. The monoisotopic (exact) mass is 222 g/mol. The van der Waals surface area contributed by atoms with Crippen molar-refractivity contribution in [3.05, 3.63) is 35.9 Å². The average Bonchev–Trinajstić information content (AvgIpc) is 2.30. The van der Waals surface area contributed by atoms with Gasteiger partial charge in [0.2, 0.25) is 0 Å². The van der Waals surface area contributed by atoms with Crippen LogP contribution in [0.4, 0.5) is 0 Å². The molecule has 0 fully saturated rings. The summed E-state index contributed by atoms with van der Waals surface area (Å²) < 4.78 is 5.28. The smallest absolute Gasteiger partial charge is 0.0653 e. The molecular formula is C14H22O2. The normalized spacial score (nSPS) is 13.8. The zero-order valence-electron chi connectivity index (χ0n) is 10.4. The second kappa shape index (κ2) is 6.02. The lowest BCUT2D eigenvalue weighted by atomic mass is 9.78. The van der Waals surface area contributed by atoms with Gasteiger partial charge in [0.1, 0.15) is 0 Å². The quantitative estimate of drug-likeness (QED) is 0.750. The third-order valence-electron chi connectivity index (χ3n) is 3.09. The average molecular weight is 222 g/mol. The van der Waals surface area contributed by atoms with Crippen molar-refractivity contribution in [2.24, 2.45) is 0 Å². The Labute approximate surface area is 98.3 Å². The summed E-state index contributed by atoms with van der Waals surface area (Å²) in [5.41, 5.74) is 0.942. The molecule has 0 spiro atoms. The van der Waals surface area contributed by atoms with Gasteiger partial charge in [0.25, 0.3) is 0 Å². The molecule has 1 N–H and O–H groups in total. The molecule has 1 aromatic carbocycles. The van der Waals surface area contributed by atoms with Crippen LogP contribution in [0.25, 0.3) is 0 Å². The zero-order valence-corrected chi connectivity index (χ0v) is 10.4. The molecule has 0 aliphatic heterocycles. The van der Waals surface area contributed by atoms with Gasteiger partial charge in [-0.15, -0.1) is 0 Å². The first kappa shape index (κ1) is 13.2. The van der Waals surface area contributed by atoms with Gasteiger partial charge in [0, 0.05) is 18.6 Å². The van der Waals surface area contributed by atoms with Gasteiger partial charge in [-0.05, 0) is 18.9 Å². The highest BCUT2D eigenvalue weighted by Gasteiger charge is 2.29. The first-order chi connectivity index (χ1) is 7.59. The molecule has 0 amide bonds. The minimum absolute atomic E-state index is 0.224. The molecule has 0 saturated carbocycles. The number of aliphatic hydroxyl groups is 1. The Bertz CT molecular complexity index is 293. The van der Waals surface area contributed by atoms with Crippen LogP contribution in [0.5, 0.6) is 0 Å². The van der Waals surface area contributed by atoms with E-state index in [9.17, 15) is 5.11 Å². The Kier molecular flexibility index (Phi) is 4.97. The molecular weight excluding hydrogens is 200 g/mol. The summed E-state index contributed by atoms with van der Waals surface area (Å²) in [4.78, 5) is 0. The van der Waals surface area contributed by atoms with E-state index in [1.165, 1.54) is 5.56 Å². The van der Waals surface area contributed by atoms with Crippen molar-refractivity contribution in [3.8, 4) is 0 Å². The third kappa shape index (κ3) is 3.32. The lowest BCUT2D eigenvalue weighted by Gasteiger charge is -2.31. The van der Waals surface area contributed by atoms with Crippen molar-refractivity contribution in [1.29, 1.82) is 0 Å². The van der Waals surface area contributed by atoms with Crippen molar-refractivity contribution in [2.75, 3.05) is 13.2 Å². The number of rotatable bonds is 6. The minimum atomic E-state index is -0.374. The summed E-state index contributed by atoms with van der Waals surface area (Å²) in [5, 5.41) is 10.2. The van der Waals surface area contributed by atoms with Gasteiger partial charge in [0.05, 0.1) is 6.10 Å². The summed E-state index contributed by atoms with van der Waals surface area (Å²) in [6.45, 7) is 7.43. The van der Waals surface area contributed by atoms with Crippen LogP contribution in [-0.4, -0.2) is 24.4 Å². The van der Waals surface area contributed by atoms with Crippen LogP contribution in [0.1, 0.15) is 32.8 Å². The van der Waals surface area contributed by atoms with Crippen molar-refractivity contribution >= 4 is 0 Å². The fraction of sp³-hybridized carbons (Fsp3) is 0.571. The second-order valence-electron chi connectivity index (χ2n) is 4.59. The fourth-order valence-electron chi connectivity index (χ4n) is 1.76. The maximum absolute atomic E-state index is 10.2. The van der Waals surface area contributed by atoms with Gasteiger partial charge in [-0.3, -0.25) is 0 Å². The lowest BCUT2D eigenvalue weighted by molar-refractivity contribution is 0.0495.